The number of likely N-dealkylation sites (tertiary alicyclic amines) is 1. The molecule has 0 bridgehead atoms. The molecular formula is C19H24F2N4. The zero-order valence-electron chi connectivity index (χ0n) is 14.3. The fourth-order valence-electron chi connectivity index (χ4n) is 4.01. The van der Waals surface area contributed by atoms with Gasteiger partial charge in [0.05, 0.1) is 11.4 Å². The summed E-state index contributed by atoms with van der Waals surface area (Å²) >= 11 is 0. The van der Waals surface area contributed by atoms with Crippen molar-refractivity contribution in [1.82, 2.24) is 20.0 Å². The maximum Gasteiger partial charge on any atom is 0.126 e. The Morgan fingerprint density at radius 2 is 1.96 bits per heavy atom. The van der Waals surface area contributed by atoms with Crippen molar-refractivity contribution in [2.45, 2.75) is 38.9 Å². The van der Waals surface area contributed by atoms with Crippen LogP contribution >= 0.6 is 0 Å². The Labute approximate surface area is 146 Å². The van der Waals surface area contributed by atoms with E-state index in [4.69, 9.17) is 5.10 Å². The van der Waals surface area contributed by atoms with Gasteiger partial charge in [0.15, 0.2) is 0 Å². The molecule has 4 rings (SSSR count). The van der Waals surface area contributed by atoms with Crippen LogP contribution in [0.25, 0.3) is 0 Å². The average Bonchev–Trinajstić information content (AvgIpc) is 3.07. The number of rotatable bonds is 4. The molecule has 0 aliphatic carbocycles. The topological polar surface area (TPSA) is 33.1 Å². The molecule has 2 aromatic rings. The SMILES string of the molecule is Fc1cc(F)cc(CC2CCN(Cc3cc4n(n3)CCCNC4)C2)c1. The first-order chi connectivity index (χ1) is 12.2. The Bertz CT molecular complexity index is 699. The van der Waals surface area contributed by atoms with Crippen LogP contribution in [-0.2, 0) is 26.1 Å². The van der Waals surface area contributed by atoms with E-state index < -0.39 is 11.6 Å². The van der Waals surface area contributed by atoms with Crippen LogP contribution in [-0.4, -0.2) is 34.3 Å². The molecule has 6 heteroatoms. The van der Waals surface area contributed by atoms with Gasteiger partial charge in [-0.15, -0.1) is 0 Å². The number of aryl methyl sites for hydroxylation is 1. The number of nitrogens with zero attached hydrogens (tertiary/aromatic N) is 3. The molecule has 1 N–H and O–H groups in total. The van der Waals surface area contributed by atoms with E-state index in [1.54, 1.807) is 0 Å². The molecule has 0 radical (unpaired) electrons. The monoisotopic (exact) mass is 346 g/mol. The minimum atomic E-state index is -0.488. The molecule has 134 valence electrons. The van der Waals surface area contributed by atoms with Crippen molar-refractivity contribution in [3.05, 3.63) is 52.9 Å². The van der Waals surface area contributed by atoms with Crippen LogP contribution < -0.4 is 5.32 Å². The van der Waals surface area contributed by atoms with Crippen molar-refractivity contribution >= 4 is 0 Å². The highest BCUT2D eigenvalue weighted by Gasteiger charge is 2.24. The van der Waals surface area contributed by atoms with E-state index in [-0.39, 0.29) is 0 Å². The summed E-state index contributed by atoms with van der Waals surface area (Å²) in [6.45, 7) is 5.75. The highest BCUT2D eigenvalue weighted by atomic mass is 19.1. The Balaban J connectivity index is 1.35. The quantitative estimate of drug-likeness (QED) is 0.924. The van der Waals surface area contributed by atoms with Gasteiger partial charge in [0.1, 0.15) is 11.6 Å². The Morgan fingerprint density at radius 3 is 2.80 bits per heavy atom. The van der Waals surface area contributed by atoms with Gasteiger partial charge in [-0.05, 0) is 62.0 Å². The summed E-state index contributed by atoms with van der Waals surface area (Å²) in [6.07, 6.45) is 2.91. The van der Waals surface area contributed by atoms with Crippen LogP contribution in [0, 0.1) is 17.6 Å². The minimum Gasteiger partial charge on any atom is -0.311 e. The molecule has 0 spiro atoms. The van der Waals surface area contributed by atoms with E-state index in [0.29, 0.717) is 5.92 Å². The maximum atomic E-state index is 13.3. The fourth-order valence-corrected chi connectivity index (χ4v) is 4.01. The standard InChI is InChI=1S/C19H24F2N4/c20-16-7-15(8-17(21)9-16)6-14-2-5-24(12-14)13-18-10-19-11-22-3-1-4-25(19)23-18/h7-10,14,22H,1-6,11-13H2. The predicted octanol–water partition coefficient (Wildman–Crippen LogP) is 2.72. The number of hydrogen-bond acceptors (Lipinski definition) is 3. The fraction of sp³-hybridized carbons (Fsp3) is 0.526. The van der Waals surface area contributed by atoms with Crippen LogP contribution in [0.5, 0.6) is 0 Å². The molecule has 2 aliphatic heterocycles. The average molecular weight is 346 g/mol. The van der Waals surface area contributed by atoms with Crippen molar-refractivity contribution in [3.8, 4) is 0 Å². The molecule has 1 atom stereocenters. The predicted molar refractivity (Wildman–Crippen MR) is 92.0 cm³/mol. The second kappa shape index (κ2) is 7.22. The molecule has 2 aliphatic rings. The molecule has 1 aromatic carbocycles. The summed E-state index contributed by atoms with van der Waals surface area (Å²) < 4.78 is 28.8. The lowest BCUT2D eigenvalue weighted by atomic mass is 9.98. The Hall–Kier alpha value is -1.79. The van der Waals surface area contributed by atoms with Gasteiger partial charge < -0.3 is 5.32 Å². The van der Waals surface area contributed by atoms with E-state index in [9.17, 15) is 8.78 Å². The van der Waals surface area contributed by atoms with E-state index in [2.05, 4.69) is 21.0 Å². The molecule has 0 amide bonds. The van der Waals surface area contributed by atoms with Crippen molar-refractivity contribution in [2.75, 3.05) is 19.6 Å². The summed E-state index contributed by atoms with van der Waals surface area (Å²) in [7, 11) is 0. The summed E-state index contributed by atoms with van der Waals surface area (Å²) in [4.78, 5) is 2.40. The van der Waals surface area contributed by atoms with Crippen molar-refractivity contribution in [1.29, 1.82) is 0 Å². The number of fused-ring (bicyclic) bond motifs is 1. The maximum absolute atomic E-state index is 13.3. The number of hydrogen-bond donors (Lipinski definition) is 1. The number of benzene rings is 1. The first kappa shape index (κ1) is 16.7. The van der Waals surface area contributed by atoms with Gasteiger partial charge in [0.2, 0.25) is 0 Å². The molecule has 25 heavy (non-hydrogen) atoms. The Kier molecular flexibility index (Phi) is 4.81. The van der Waals surface area contributed by atoms with Crippen molar-refractivity contribution in [3.63, 3.8) is 0 Å². The lowest BCUT2D eigenvalue weighted by Crippen LogP contribution is -2.21. The second-order valence-electron chi connectivity index (χ2n) is 7.25. The molecule has 1 aromatic heterocycles. The highest BCUT2D eigenvalue weighted by molar-refractivity contribution is 5.19. The van der Waals surface area contributed by atoms with Gasteiger partial charge in [-0.25, -0.2) is 8.78 Å². The lowest BCUT2D eigenvalue weighted by molar-refractivity contribution is 0.311. The first-order valence-electron chi connectivity index (χ1n) is 9.09. The molecule has 3 heterocycles. The van der Waals surface area contributed by atoms with Gasteiger partial charge in [-0.1, -0.05) is 0 Å². The molecule has 1 fully saturated rings. The highest BCUT2D eigenvalue weighted by Crippen LogP contribution is 2.23. The molecule has 0 saturated carbocycles. The third-order valence-electron chi connectivity index (χ3n) is 5.15. The van der Waals surface area contributed by atoms with E-state index in [0.717, 1.165) is 75.9 Å². The van der Waals surface area contributed by atoms with Crippen molar-refractivity contribution < 1.29 is 8.78 Å². The summed E-state index contributed by atoms with van der Waals surface area (Å²) in [6, 6.07) is 6.03. The van der Waals surface area contributed by atoms with Crippen LogP contribution in [0.2, 0.25) is 0 Å². The van der Waals surface area contributed by atoms with E-state index in [1.807, 2.05) is 0 Å². The van der Waals surface area contributed by atoms with Crippen LogP contribution in [0.4, 0.5) is 8.78 Å². The van der Waals surface area contributed by atoms with E-state index >= 15 is 0 Å². The van der Waals surface area contributed by atoms with Gasteiger partial charge in [-0.3, -0.25) is 9.58 Å². The zero-order valence-corrected chi connectivity index (χ0v) is 14.3. The Morgan fingerprint density at radius 1 is 1.12 bits per heavy atom. The molecule has 1 unspecified atom stereocenters. The third-order valence-corrected chi connectivity index (χ3v) is 5.15. The van der Waals surface area contributed by atoms with E-state index in [1.165, 1.54) is 17.8 Å². The normalized spacial score (nSPS) is 21.3. The summed E-state index contributed by atoms with van der Waals surface area (Å²) in [5.74, 6) is -0.528. The molecule has 4 nitrogen and oxygen atoms in total. The largest absolute Gasteiger partial charge is 0.311 e. The first-order valence-corrected chi connectivity index (χ1v) is 9.09. The van der Waals surface area contributed by atoms with Crippen LogP contribution in [0.1, 0.15) is 29.8 Å². The van der Waals surface area contributed by atoms with Gasteiger partial charge in [-0.2, -0.15) is 5.10 Å². The van der Waals surface area contributed by atoms with Gasteiger partial charge >= 0.3 is 0 Å². The number of halogens is 2. The zero-order chi connectivity index (χ0) is 17.2. The van der Waals surface area contributed by atoms with Crippen LogP contribution in [0.15, 0.2) is 24.3 Å². The molecular weight excluding hydrogens is 322 g/mol. The minimum absolute atomic E-state index is 0.448. The number of aromatic nitrogens is 2. The smallest absolute Gasteiger partial charge is 0.126 e. The number of nitrogens with one attached hydrogen (secondary N) is 1. The van der Waals surface area contributed by atoms with Crippen LogP contribution in [0.3, 0.4) is 0 Å². The third kappa shape index (κ3) is 4.07. The van der Waals surface area contributed by atoms with Gasteiger partial charge in [0.25, 0.3) is 0 Å². The van der Waals surface area contributed by atoms with Crippen molar-refractivity contribution in [2.24, 2.45) is 5.92 Å². The summed E-state index contributed by atoms with van der Waals surface area (Å²) in [5, 5.41) is 8.16. The lowest BCUT2D eigenvalue weighted by Gasteiger charge is -2.14. The van der Waals surface area contributed by atoms with Gasteiger partial charge in [0, 0.05) is 32.2 Å². The second-order valence-corrected chi connectivity index (χ2v) is 7.25. The molecule has 1 saturated heterocycles. The summed E-state index contributed by atoms with van der Waals surface area (Å²) in [5.41, 5.74) is 3.14.